The van der Waals surface area contributed by atoms with E-state index in [1.165, 1.54) is 5.56 Å². The van der Waals surface area contributed by atoms with Crippen LogP contribution in [0.3, 0.4) is 0 Å². The average molecular weight is 319 g/mol. The lowest BCUT2D eigenvalue weighted by atomic mass is 9.96. The maximum absolute atomic E-state index is 12.9. The van der Waals surface area contributed by atoms with Crippen LogP contribution < -0.4 is 4.90 Å². The zero-order chi connectivity index (χ0) is 16.4. The van der Waals surface area contributed by atoms with E-state index in [0.29, 0.717) is 6.54 Å². The van der Waals surface area contributed by atoms with Crippen molar-refractivity contribution in [1.29, 1.82) is 0 Å². The second-order valence-corrected chi connectivity index (χ2v) is 6.50. The SMILES string of the molecule is CN1c2ccccc2C(=O)N2CCc3c([nH]c4cc(O)ccc34)[C@H]21. The standard InChI is InChI=1S/C19H17N3O2/c1-21-16-5-3-2-4-14(16)19(24)22-9-8-13-12-7-6-11(23)10-15(12)20-17(13)18(21)22/h2-7,10,18,20,23H,8-9H2,1H3/t18-/m0/s1. The monoisotopic (exact) mass is 319 g/mol. The van der Waals surface area contributed by atoms with Gasteiger partial charge in [0.05, 0.1) is 16.9 Å². The fourth-order valence-corrected chi connectivity index (χ4v) is 4.13. The molecule has 0 fully saturated rings. The summed E-state index contributed by atoms with van der Waals surface area (Å²) in [5.41, 5.74) is 4.92. The van der Waals surface area contributed by atoms with Gasteiger partial charge in [-0.25, -0.2) is 0 Å². The molecule has 5 rings (SSSR count). The van der Waals surface area contributed by atoms with Gasteiger partial charge in [0, 0.05) is 30.6 Å². The highest BCUT2D eigenvalue weighted by Crippen LogP contribution is 2.43. The molecule has 3 aromatic rings. The Bertz CT molecular complexity index is 991. The molecule has 1 atom stereocenters. The number of amides is 1. The summed E-state index contributed by atoms with van der Waals surface area (Å²) >= 11 is 0. The van der Waals surface area contributed by atoms with E-state index >= 15 is 0 Å². The molecule has 2 aliphatic heterocycles. The second-order valence-electron chi connectivity index (χ2n) is 6.50. The van der Waals surface area contributed by atoms with Crippen molar-refractivity contribution < 1.29 is 9.90 Å². The van der Waals surface area contributed by atoms with Crippen molar-refractivity contribution in [2.24, 2.45) is 0 Å². The fourth-order valence-electron chi connectivity index (χ4n) is 4.13. The van der Waals surface area contributed by atoms with Gasteiger partial charge in [0.25, 0.3) is 5.91 Å². The van der Waals surface area contributed by atoms with E-state index in [4.69, 9.17) is 0 Å². The molecule has 3 heterocycles. The maximum atomic E-state index is 12.9. The number of carbonyl (C=O) groups excluding carboxylic acids is 1. The summed E-state index contributed by atoms with van der Waals surface area (Å²) in [6, 6.07) is 13.2. The number of carbonyl (C=O) groups is 1. The van der Waals surface area contributed by atoms with Crippen LogP contribution in [0, 0.1) is 0 Å². The number of aromatic nitrogens is 1. The number of hydrogen-bond donors (Lipinski definition) is 2. The normalized spacial score (nSPS) is 19.2. The van der Waals surface area contributed by atoms with E-state index in [2.05, 4.69) is 9.88 Å². The Kier molecular flexibility index (Phi) is 2.55. The minimum atomic E-state index is -0.134. The lowest BCUT2D eigenvalue weighted by molar-refractivity contribution is 0.0634. The number of para-hydroxylation sites is 1. The zero-order valence-corrected chi connectivity index (χ0v) is 13.3. The van der Waals surface area contributed by atoms with Crippen molar-refractivity contribution in [2.75, 3.05) is 18.5 Å². The van der Waals surface area contributed by atoms with Crippen molar-refractivity contribution in [3.63, 3.8) is 0 Å². The Labute approximate surface area is 139 Å². The van der Waals surface area contributed by atoms with Gasteiger partial charge in [-0.3, -0.25) is 4.79 Å². The molecule has 5 heteroatoms. The average Bonchev–Trinajstić information content (AvgIpc) is 2.96. The molecule has 2 aliphatic rings. The first-order valence-electron chi connectivity index (χ1n) is 8.11. The van der Waals surface area contributed by atoms with Gasteiger partial charge in [0.2, 0.25) is 0 Å². The van der Waals surface area contributed by atoms with Crippen molar-refractivity contribution in [3.05, 3.63) is 59.3 Å². The minimum Gasteiger partial charge on any atom is -0.508 e. The topological polar surface area (TPSA) is 59.6 Å². The molecule has 2 N–H and O–H groups in total. The van der Waals surface area contributed by atoms with E-state index in [9.17, 15) is 9.90 Å². The molecule has 0 radical (unpaired) electrons. The number of phenols is 1. The highest BCUT2D eigenvalue weighted by Gasteiger charge is 2.41. The predicted octanol–water partition coefficient (Wildman–Crippen LogP) is 3.02. The molecule has 5 nitrogen and oxygen atoms in total. The van der Waals surface area contributed by atoms with Crippen molar-refractivity contribution in [2.45, 2.75) is 12.6 Å². The quantitative estimate of drug-likeness (QED) is 0.669. The first-order chi connectivity index (χ1) is 11.6. The minimum absolute atomic E-state index is 0.0841. The maximum Gasteiger partial charge on any atom is 0.257 e. The first kappa shape index (κ1) is 13.5. The summed E-state index contributed by atoms with van der Waals surface area (Å²) in [4.78, 5) is 20.5. The molecule has 0 spiro atoms. The van der Waals surface area contributed by atoms with E-state index in [-0.39, 0.29) is 17.8 Å². The third kappa shape index (κ3) is 1.61. The third-order valence-corrected chi connectivity index (χ3v) is 5.22. The number of nitrogens with zero attached hydrogens (tertiary/aromatic N) is 2. The van der Waals surface area contributed by atoms with E-state index < -0.39 is 0 Å². The summed E-state index contributed by atoms with van der Waals surface area (Å²) < 4.78 is 0. The summed E-state index contributed by atoms with van der Waals surface area (Å²) in [6.45, 7) is 0.697. The van der Waals surface area contributed by atoms with Crippen LogP contribution in [0.15, 0.2) is 42.5 Å². The molecule has 2 aromatic carbocycles. The Hall–Kier alpha value is -2.95. The fraction of sp³-hybridized carbons (Fsp3) is 0.211. The first-order valence-corrected chi connectivity index (χ1v) is 8.11. The Morgan fingerprint density at radius 1 is 1.21 bits per heavy atom. The van der Waals surface area contributed by atoms with Gasteiger partial charge < -0.3 is 19.9 Å². The predicted molar refractivity (Wildman–Crippen MR) is 92.3 cm³/mol. The van der Waals surface area contributed by atoms with E-state index in [1.54, 1.807) is 12.1 Å². The van der Waals surface area contributed by atoms with Crippen LogP contribution in [0.4, 0.5) is 5.69 Å². The van der Waals surface area contributed by atoms with Crippen molar-refractivity contribution in [3.8, 4) is 5.75 Å². The number of aromatic amines is 1. The van der Waals surface area contributed by atoms with Crippen LogP contribution in [0.1, 0.15) is 27.8 Å². The summed E-state index contributed by atoms with van der Waals surface area (Å²) in [5.74, 6) is 0.331. The van der Waals surface area contributed by atoms with Crippen LogP contribution in [0.25, 0.3) is 10.9 Å². The van der Waals surface area contributed by atoms with Crippen LogP contribution in [-0.4, -0.2) is 34.5 Å². The Balaban J connectivity index is 1.74. The molecule has 0 bridgehead atoms. The molecular formula is C19H17N3O2. The Morgan fingerprint density at radius 3 is 2.92 bits per heavy atom. The lowest BCUT2D eigenvalue weighted by Gasteiger charge is -2.46. The van der Waals surface area contributed by atoms with Gasteiger partial charge >= 0.3 is 0 Å². The van der Waals surface area contributed by atoms with Gasteiger partial charge in [-0.1, -0.05) is 12.1 Å². The van der Waals surface area contributed by atoms with Crippen LogP contribution in [-0.2, 0) is 6.42 Å². The summed E-state index contributed by atoms with van der Waals surface area (Å²) in [6.07, 6.45) is 0.684. The number of aromatic hydroxyl groups is 1. The number of rotatable bonds is 0. The number of phenolic OH excluding ortho intramolecular Hbond substituents is 1. The molecular weight excluding hydrogens is 302 g/mol. The smallest absolute Gasteiger partial charge is 0.257 e. The third-order valence-electron chi connectivity index (χ3n) is 5.22. The number of fused-ring (bicyclic) bond motifs is 6. The van der Waals surface area contributed by atoms with Gasteiger partial charge in [-0.05, 0) is 36.2 Å². The highest BCUT2D eigenvalue weighted by atomic mass is 16.3. The number of benzene rings is 2. The number of nitrogens with one attached hydrogen (secondary N) is 1. The number of hydrogen-bond acceptors (Lipinski definition) is 3. The summed E-state index contributed by atoms with van der Waals surface area (Å²) in [7, 11) is 2.03. The molecule has 120 valence electrons. The molecule has 0 aliphatic carbocycles. The van der Waals surface area contributed by atoms with Crippen LogP contribution in [0.2, 0.25) is 0 Å². The number of anilines is 1. The van der Waals surface area contributed by atoms with Crippen LogP contribution in [0.5, 0.6) is 5.75 Å². The number of H-pyrrole nitrogens is 1. The van der Waals surface area contributed by atoms with E-state index in [1.807, 2.05) is 42.3 Å². The molecule has 0 saturated heterocycles. The molecule has 0 unspecified atom stereocenters. The Morgan fingerprint density at radius 2 is 2.04 bits per heavy atom. The second kappa shape index (κ2) is 4.54. The molecule has 0 saturated carbocycles. The highest BCUT2D eigenvalue weighted by molar-refractivity contribution is 6.02. The lowest BCUT2D eigenvalue weighted by Crippen LogP contribution is -2.51. The van der Waals surface area contributed by atoms with Gasteiger partial charge in [0.15, 0.2) is 0 Å². The van der Waals surface area contributed by atoms with Gasteiger partial charge in [-0.2, -0.15) is 0 Å². The van der Waals surface area contributed by atoms with Crippen LogP contribution >= 0.6 is 0 Å². The summed E-state index contributed by atoms with van der Waals surface area (Å²) in [5, 5.41) is 10.9. The molecule has 24 heavy (non-hydrogen) atoms. The van der Waals surface area contributed by atoms with Crippen molar-refractivity contribution in [1.82, 2.24) is 9.88 Å². The van der Waals surface area contributed by atoms with Gasteiger partial charge in [-0.15, -0.1) is 0 Å². The molecule has 1 amide bonds. The molecule has 1 aromatic heterocycles. The van der Waals surface area contributed by atoms with Crippen molar-refractivity contribution >= 4 is 22.5 Å². The van der Waals surface area contributed by atoms with Gasteiger partial charge in [0.1, 0.15) is 11.9 Å². The van der Waals surface area contributed by atoms with E-state index in [0.717, 1.165) is 34.3 Å². The largest absolute Gasteiger partial charge is 0.508 e. The zero-order valence-electron chi connectivity index (χ0n) is 13.3.